The number of fused-ring (bicyclic) bond motifs is 3. The number of carbonyl (C=O) groups is 1. The summed E-state index contributed by atoms with van der Waals surface area (Å²) < 4.78 is 28.3. The lowest BCUT2D eigenvalue weighted by Crippen LogP contribution is -2.14. The van der Waals surface area contributed by atoms with Gasteiger partial charge in [0.1, 0.15) is 29.5 Å². The zero-order valence-electron chi connectivity index (χ0n) is 27.4. The lowest BCUT2D eigenvalue weighted by Gasteiger charge is -2.13. The van der Waals surface area contributed by atoms with Crippen LogP contribution in [0.1, 0.15) is 40.8 Å². The van der Waals surface area contributed by atoms with Gasteiger partial charge in [0.15, 0.2) is 0 Å². The number of carbonyl (C=O) groups excluding carboxylic acids is 1. The van der Waals surface area contributed by atoms with E-state index in [4.69, 9.17) is 24.0 Å². The number of benzene rings is 4. The minimum Gasteiger partial charge on any atom is -0.493 e. The van der Waals surface area contributed by atoms with Crippen molar-refractivity contribution in [2.45, 2.75) is 39.5 Å². The molecule has 0 N–H and O–H groups in total. The van der Waals surface area contributed by atoms with Crippen molar-refractivity contribution in [2.75, 3.05) is 19.8 Å². The van der Waals surface area contributed by atoms with E-state index < -0.39 is 0 Å². The van der Waals surface area contributed by atoms with Gasteiger partial charge in [-0.05, 0) is 48.9 Å². The molecule has 48 heavy (non-hydrogen) atoms. The number of hydrogen-bond donors (Lipinski definition) is 0. The van der Waals surface area contributed by atoms with E-state index in [0.717, 1.165) is 67.7 Å². The van der Waals surface area contributed by atoms with Gasteiger partial charge in [0.2, 0.25) is 0 Å². The second-order valence-electron chi connectivity index (χ2n) is 11.8. The highest BCUT2D eigenvalue weighted by Crippen LogP contribution is 2.39. The third-order valence-corrected chi connectivity index (χ3v) is 8.77. The molecule has 0 saturated heterocycles. The fourth-order valence-corrected chi connectivity index (χ4v) is 6.64. The van der Waals surface area contributed by atoms with Gasteiger partial charge in [0, 0.05) is 35.5 Å². The average molecular weight is 642 g/mol. The minimum atomic E-state index is -0.330. The molecule has 0 aliphatic carbocycles. The molecule has 244 valence electrons. The van der Waals surface area contributed by atoms with E-state index in [1.54, 1.807) is 0 Å². The first-order valence-electron chi connectivity index (χ1n) is 16.5. The van der Waals surface area contributed by atoms with Crippen LogP contribution in [0.25, 0.3) is 32.8 Å². The van der Waals surface area contributed by atoms with Crippen LogP contribution in [0.15, 0.2) is 103 Å². The maximum atomic E-state index is 13.8. The second kappa shape index (κ2) is 14.2. The number of rotatable bonds is 10. The molecule has 1 aliphatic heterocycles. The summed E-state index contributed by atoms with van der Waals surface area (Å²) in [5, 5.41) is 8.16. The van der Waals surface area contributed by atoms with Gasteiger partial charge in [0.25, 0.3) is 0 Å². The molecule has 1 aliphatic rings. The monoisotopic (exact) mass is 641 g/mol. The zero-order valence-corrected chi connectivity index (χ0v) is 27.4. The lowest BCUT2D eigenvalue weighted by atomic mass is 9.98. The summed E-state index contributed by atoms with van der Waals surface area (Å²) in [6, 6.07) is 30.4. The van der Waals surface area contributed by atoms with Crippen molar-refractivity contribution in [1.29, 1.82) is 0 Å². The van der Waals surface area contributed by atoms with Crippen molar-refractivity contribution in [3.63, 3.8) is 0 Å². The van der Waals surface area contributed by atoms with Crippen LogP contribution in [-0.4, -0.2) is 40.1 Å². The Morgan fingerprint density at radius 3 is 2.56 bits per heavy atom. The van der Waals surface area contributed by atoms with Gasteiger partial charge in [0.05, 0.1) is 37.6 Å². The molecule has 0 atom stereocenters. The Balaban J connectivity index is 1.30. The number of para-hydroxylation sites is 2. The Bertz CT molecular complexity index is 2090. The van der Waals surface area contributed by atoms with Crippen LogP contribution in [0.2, 0.25) is 0 Å². The van der Waals surface area contributed by atoms with Crippen LogP contribution in [0.3, 0.4) is 0 Å². The van der Waals surface area contributed by atoms with Gasteiger partial charge >= 0.3 is 5.97 Å². The molecule has 3 heterocycles. The van der Waals surface area contributed by atoms with Crippen molar-refractivity contribution < 1.29 is 23.7 Å². The number of ether oxygens (including phenoxy) is 4. The summed E-state index contributed by atoms with van der Waals surface area (Å²) in [6.07, 6.45) is 5.42. The van der Waals surface area contributed by atoms with E-state index in [9.17, 15) is 4.79 Å². The van der Waals surface area contributed by atoms with Gasteiger partial charge < -0.3 is 23.5 Å². The first-order chi connectivity index (χ1) is 23.6. The highest BCUT2D eigenvalue weighted by molar-refractivity contribution is 6.05. The largest absolute Gasteiger partial charge is 0.493 e. The van der Waals surface area contributed by atoms with Crippen LogP contribution >= 0.6 is 0 Å². The molecule has 0 radical (unpaired) electrons. The fraction of sp³-hybridized carbons (Fsp3) is 0.250. The van der Waals surface area contributed by atoms with Gasteiger partial charge in [-0.25, -0.2) is 4.79 Å². The molecule has 6 aromatic rings. The predicted octanol–water partition coefficient (Wildman–Crippen LogP) is 8.05. The van der Waals surface area contributed by atoms with Crippen molar-refractivity contribution in [3.8, 4) is 22.6 Å². The predicted molar refractivity (Wildman–Crippen MR) is 187 cm³/mol. The van der Waals surface area contributed by atoms with Gasteiger partial charge in [-0.1, -0.05) is 84.9 Å². The van der Waals surface area contributed by atoms with E-state index in [-0.39, 0.29) is 19.2 Å². The Morgan fingerprint density at radius 2 is 1.69 bits per heavy atom. The maximum Gasteiger partial charge on any atom is 0.355 e. The SMILES string of the molecule is CCOC(=O)c1c(CCCOc2cccc3ccccc23)c2cccc3c2n1CC=CCOCc1c-3c(COc2ccccc2)nn1C. The van der Waals surface area contributed by atoms with Crippen molar-refractivity contribution in [3.05, 3.63) is 126 Å². The first-order valence-corrected chi connectivity index (χ1v) is 16.5. The van der Waals surface area contributed by atoms with Crippen LogP contribution in [0, 0.1) is 0 Å². The van der Waals surface area contributed by atoms with Crippen LogP contribution < -0.4 is 9.47 Å². The summed E-state index contributed by atoms with van der Waals surface area (Å²) in [7, 11) is 1.94. The highest BCUT2D eigenvalue weighted by Gasteiger charge is 2.28. The van der Waals surface area contributed by atoms with Crippen LogP contribution in [-0.2, 0) is 42.7 Å². The van der Waals surface area contributed by atoms with E-state index in [1.165, 1.54) is 0 Å². The molecule has 0 spiro atoms. The quantitative estimate of drug-likeness (QED) is 0.0856. The third kappa shape index (κ3) is 6.19. The molecule has 0 amide bonds. The number of allylic oxidation sites excluding steroid dienone is 1. The van der Waals surface area contributed by atoms with Crippen LogP contribution in [0.4, 0.5) is 0 Å². The summed E-state index contributed by atoms with van der Waals surface area (Å²) in [6.45, 7) is 4.23. The average Bonchev–Trinajstić information content (AvgIpc) is 3.59. The maximum absolute atomic E-state index is 13.8. The van der Waals surface area contributed by atoms with Gasteiger partial charge in [-0.2, -0.15) is 5.10 Å². The fourth-order valence-electron chi connectivity index (χ4n) is 6.64. The summed E-state index contributed by atoms with van der Waals surface area (Å²) >= 11 is 0. The second-order valence-corrected chi connectivity index (χ2v) is 11.8. The molecule has 8 heteroatoms. The molecule has 0 saturated carbocycles. The molecule has 2 aromatic heterocycles. The Hall–Kier alpha value is -5.34. The Kier molecular flexibility index (Phi) is 9.25. The molecule has 7 rings (SSSR count). The first kappa shape index (κ1) is 31.3. The standard InChI is InChI=1S/C40H39N3O5/c1-3-46-40(44)39-32(21-13-25-47-36-22-11-15-28-14-7-8-18-30(28)36)31-19-12-20-33-37-34(26-48-29-16-5-4-6-17-29)41-42(2)35(37)27-45-24-10-9-23-43(39)38(31)33/h4-12,14-20,22H,3,13,21,23-27H2,1-2H3. The summed E-state index contributed by atoms with van der Waals surface area (Å²) in [5.74, 6) is 1.30. The van der Waals surface area contributed by atoms with E-state index >= 15 is 0 Å². The van der Waals surface area contributed by atoms with E-state index in [0.29, 0.717) is 38.5 Å². The lowest BCUT2D eigenvalue weighted by molar-refractivity contribution is 0.0513. The number of aromatic nitrogens is 3. The van der Waals surface area contributed by atoms with Crippen LogP contribution in [0.5, 0.6) is 11.5 Å². The normalized spacial score (nSPS) is 12.9. The summed E-state index contributed by atoms with van der Waals surface area (Å²) in [5.41, 5.74) is 6.18. The molecule has 4 aromatic carbocycles. The highest BCUT2D eigenvalue weighted by atomic mass is 16.5. The molecule has 0 unspecified atom stereocenters. The van der Waals surface area contributed by atoms with Crippen molar-refractivity contribution >= 4 is 27.6 Å². The molecular weight excluding hydrogens is 602 g/mol. The van der Waals surface area contributed by atoms with Gasteiger partial charge in [-0.15, -0.1) is 0 Å². The minimum absolute atomic E-state index is 0.283. The van der Waals surface area contributed by atoms with Crippen molar-refractivity contribution in [1.82, 2.24) is 14.3 Å². The molecule has 0 bridgehead atoms. The third-order valence-electron chi connectivity index (χ3n) is 8.77. The molecular formula is C40H39N3O5. The Morgan fingerprint density at radius 1 is 0.896 bits per heavy atom. The zero-order chi connectivity index (χ0) is 32.9. The molecule has 8 nitrogen and oxygen atoms in total. The number of aryl methyl sites for hydroxylation is 2. The number of nitrogens with zero attached hydrogens (tertiary/aromatic N) is 3. The summed E-state index contributed by atoms with van der Waals surface area (Å²) in [4.78, 5) is 13.8. The van der Waals surface area contributed by atoms with E-state index in [1.807, 2.05) is 79.3 Å². The van der Waals surface area contributed by atoms with Gasteiger partial charge in [-0.3, -0.25) is 4.68 Å². The number of hydrogen-bond acceptors (Lipinski definition) is 6. The molecule has 0 fully saturated rings. The van der Waals surface area contributed by atoms with E-state index in [2.05, 4.69) is 47.0 Å². The Labute approximate surface area is 280 Å². The number of esters is 1. The van der Waals surface area contributed by atoms with Crippen molar-refractivity contribution in [2.24, 2.45) is 7.05 Å². The topological polar surface area (TPSA) is 76.7 Å². The smallest absolute Gasteiger partial charge is 0.355 e.